The molecule has 19 heavy (non-hydrogen) atoms. The normalized spacial score (nSPS) is 10.4. The third kappa shape index (κ3) is 2.93. The van der Waals surface area contributed by atoms with Crippen LogP contribution in [0.5, 0.6) is 5.75 Å². The van der Waals surface area contributed by atoms with Gasteiger partial charge in [-0.25, -0.2) is 0 Å². The third-order valence-corrected chi connectivity index (χ3v) is 2.83. The number of benzene rings is 1. The fraction of sp³-hybridized carbons (Fsp3) is 0.286. The molecule has 100 valence electrons. The molecule has 0 unspecified atom stereocenters. The molecule has 0 fully saturated rings. The molecular formula is C14H16N2O3. The maximum atomic E-state index is 10.8. The first-order valence-corrected chi connectivity index (χ1v) is 6.09. The van der Waals surface area contributed by atoms with E-state index in [2.05, 4.69) is 10.2 Å². The van der Waals surface area contributed by atoms with Crippen LogP contribution in [0.2, 0.25) is 0 Å². The summed E-state index contributed by atoms with van der Waals surface area (Å²) in [5.74, 6) is -0.0392. The first kappa shape index (κ1) is 13.1. The predicted octanol–water partition coefficient (Wildman–Crippen LogP) is 2.41. The van der Waals surface area contributed by atoms with E-state index >= 15 is 0 Å². The molecule has 0 saturated heterocycles. The molecule has 0 atom stereocenters. The number of ether oxygens (including phenoxy) is 1. The number of hydrogen-bond donors (Lipinski definition) is 2. The van der Waals surface area contributed by atoms with Gasteiger partial charge in [-0.15, -0.1) is 0 Å². The number of carboxylic acids is 1. The van der Waals surface area contributed by atoms with Crippen molar-refractivity contribution in [3.63, 3.8) is 0 Å². The minimum absolute atomic E-state index is 0.0679. The summed E-state index contributed by atoms with van der Waals surface area (Å²) < 4.78 is 5.49. The van der Waals surface area contributed by atoms with Crippen molar-refractivity contribution in [2.24, 2.45) is 0 Å². The standard InChI is InChI=1S/C14H16N2O3/c1-3-19-13-5-4-10(6-9(13)2)11-8-15-16-12(11)7-14(17)18/h4-6,8H,3,7H2,1-2H3,(H,15,16)(H,17,18). The maximum Gasteiger partial charge on any atom is 0.309 e. The molecule has 0 aliphatic rings. The van der Waals surface area contributed by atoms with Gasteiger partial charge in [0, 0.05) is 5.56 Å². The van der Waals surface area contributed by atoms with Crippen molar-refractivity contribution in [2.45, 2.75) is 20.3 Å². The van der Waals surface area contributed by atoms with E-state index in [-0.39, 0.29) is 6.42 Å². The Morgan fingerprint density at radius 1 is 1.47 bits per heavy atom. The molecule has 5 heteroatoms. The Balaban J connectivity index is 2.34. The van der Waals surface area contributed by atoms with Gasteiger partial charge in [-0.2, -0.15) is 5.10 Å². The minimum Gasteiger partial charge on any atom is -0.494 e. The Kier molecular flexibility index (Phi) is 3.85. The lowest BCUT2D eigenvalue weighted by atomic mass is 10.0. The van der Waals surface area contributed by atoms with Crippen LogP contribution >= 0.6 is 0 Å². The molecule has 0 saturated carbocycles. The number of carboxylic acid groups (broad SMARTS) is 1. The molecule has 1 heterocycles. The summed E-state index contributed by atoms with van der Waals surface area (Å²) in [6.07, 6.45) is 1.58. The average molecular weight is 260 g/mol. The molecule has 5 nitrogen and oxygen atoms in total. The highest BCUT2D eigenvalue weighted by atomic mass is 16.5. The zero-order valence-corrected chi connectivity index (χ0v) is 10.9. The van der Waals surface area contributed by atoms with Crippen LogP contribution in [0.25, 0.3) is 11.1 Å². The maximum absolute atomic E-state index is 10.8. The van der Waals surface area contributed by atoms with Gasteiger partial charge in [0.1, 0.15) is 5.75 Å². The van der Waals surface area contributed by atoms with E-state index in [1.165, 1.54) is 0 Å². The number of aromatic amines is 1. The highest BCUT2D eigenvalue weighted by molar-refractivity contribution is 5.75. The lowest BCUT2D eigenvalue weighted by Gasteiger charge is -2.09. The van der Waals surface area contributed by atoms with E-state index in [1.807, 2.05) is 32.0 Å². The molecule has 0 radical (unpaired) electrons. The quantitative estimate of drug-likeness (QED) is 0.865. The van der Waals surface area contributed by atoms with Crippen LogP contribution in [0.1, 0.15) is 18.2 Å². The number of hydrogen-bond acceptors (Lipinski definition) is 3. The van der Waals surface area contributed by atoms with Gasteiger partial charge in [-0.05, 0) is 37.1 Å². The summed E-state index contributed by atoms with van der Waals surface area (Å²) in [5, 5.41) is 15.5. The average Bonchev–Trinajstić information content (AvgIpc) is 2.79. The monoisotopic (exact) mass is 260 g/mol. The van der Waals surface area contributed by atoms with Gasteiger partial charge in [-0.3, -0.25) is 9.89 Å². The number of H-pyrrole nitrogens is 1. The fourth-order valence-electron chi connectivity index (χ4n) is 1.98. The van der Waals surface area contributed by atoms with Crippen LogP contribution in [-0.2, 0) is 11.2 Å². The van der Waals surface area contributed by atoms with Crippen LogP contribution in [0.4, 0.5) is 0 Å². The first-order valence-electron chi connectivity index (χ1n) is 6.09. The second kappa shape index (κ2) is 5.56. The molecule has 0 amide bonds. The fourth-order valence-corrected chi connectivity index (χ4v) is 1.98. The van der Waals surface area contributed by atoms with E-state index < -0.39 is 5.97 Å². The Labute approximate surface area is 111 Å². The number of nitrogens with one attached hydrogen (secondary N) is 1. The Morgan fingerprint density at radius 3 is 2.89 bits per heavy atom. The number of rotatable bonds is 5. The topological polar surface area (TPSA) is 75.2 Å². The second-order valence-corrected chi connectivity index (χ2v) is 4.25. The van der Waals surface area contributed by atoms with Gasteiger partial charge in [0.2, 0.25) is 0 Å². The molecule has 2 aromatic rings. The van der Waals surface area contributed by atoms with Crippen LogP contribution in [0.15, 0.2) is 24.4 Å². The van der Waals surface area contributed by atoms with E-state index in [9.17, 15) is 4.79 Å². The summed E-state index contributed by atoms with van der Waals surface area (Å²) in [5.41, 5.74) is 3.37. The highest BCUT2D eigenvalue weighted by Gasteiger charge is 2.12. The van der Waals surface area contributed by atoms with Gasteiger partial charge in [0.25, 0.3) is 0 Å². The molecular weight excluding hydrogens is 244 g/mol. The van der Waals surface area contributed by atoms with E-state index in [0.29, 0.717) is 12.3 Å². The van der Waals surface area contributed by atoms with Crippen molar-refractivity contribution in [3.8, 4) is 16.9 Å². The number of aromatic nitrogens is 2. The van der Waals surface area contributed by atoms with Crippen LogP contribution < -0.4 is 4.74 Å². The van der Waals surface area contributed by atoms with Gasteiger partial charge >= 0.3 is 5.97 Å². The lowest BCUT2D eigenvalue weighted by Crippen LogP contribution is -2.02. The van der Waals surface area contributed by atoms with Crippen LogP contribution in [0, 0.1) is 6.92 Å². The van der Waals surface area contributed by atoms with Crippen molar-refractivity contribution in [3.05, 3.63) is 35.7 Å². The van der Waals surface area contributed by atoms with Crippen molar-refractivity contribution >= 4 is 5.97 Å². The second-order valence-electron chi connectivity index (χ2n) is 4.25. The first-order chi connectivity index (χ1) is 9.11. The zero-order valence-electron chi connectivity index (χ0n) is 10.9. The van der Waals surface area contributed by atoms with Crippen LogP contribution in [-0.4, -0.2) is 27.9 Å². The summed E-state index contributed by atoms with van der Waals surface area (Å²) >= 11 is 0. The molecule has 2 N–H and O–H groups in total. The van der Waals surface area contributed by atoms with E-state index in [4.69, 9.17) is 9.84 Å². The molecule has 1 aromatic carbocycles. The van der Waals surface area contributed by atoms with E-state index in [1.54, 1.807) is 6.20 Å². The van der Waals surface area contributed by atoms with Crippen molar-refractivity contribution in [2.75, 3.05) is 6.61 Å². The summed E-state index contributed by atoms with van der Waals surface area (Å²) in [4.78, 5) is 10.8. The van der Waals surface area contributed by atoms with Gasteiger partial charge in [0.05, 0.1) is 24.9 Å². The predicted molar refractivity (Wildman–Crippen MR) is 71.3 cm³/mol. The van der Waals surface area contributed by atoms with Gasteiger partial charge in [0.15, 0.2) is 0 Å². The summed E-state index contributed by atoms with van der Waals surface area (Å²) in [6.45, 7) is 4.52. The Morgan fingerprint density at radius 2 is 2.26 bits per heavy atom. The minimum atomic E-state index is -0.881. The number of aliphatic carboxylic acids is 1. The van der Waals surface area contributed by atoms with Gasteiger partial charge in [-0.1, -0.05) is 6.07 Å². The summed E-state index contributed by atoms with van der Waals surface area (Å²) in [6, 6.07) is 5.78. The number of aryl methyl sites for hydroxylation is 1. The molecule has 0 aliphatic carbocycles. The lowest BCUT2D eigenvalue weighted by molar-refractivity contribution is -0.136. The number of carbonyl (C=O) groups is 1. The molecule has 0 bridgehead atoms. The Hall–Kier alpha value is -2.30. The van der Waals surface area contributed by atoms with Crippen LogP contribution in [0.3, 0.4) is 0 Å². The highest BCUT2D eigenvalue weighted by Crippen LogP contribution is 2.27. The van der Waals surface area contributed by atoms with Gasteiger partial charge < -0.3 is 9.84 Å². The third-order valence-electron chi connectivity index (χ3n) is 2.83. The molecule has 0 spiro atoms. The van der Waals surface area contributed by atoms with Crippen molar-refractivity contribution in [1.82, 2.24) is 10.2 Å². The Bertz CT molecular complexity index is 590. The zero-order chi connectivity index (χ0) is 13.8. The molecule has 2 rings (SSSR count). The largest absolute Gasteiger partial charge is 0.494 e. The number of nitrogens with zero attached hydrogens (tertiary/aromatic N) is 1. The van der Waals surface area contributed by atoms with Crippen molar-refractivity contribution < 1.29 is 14.6 Å². The SMILES string of the molecule is CCOc1ccc(-c2cn[nH]c2CC(=O)O)cc1C. The van der Waals surface area contributed by atoms with Crippen molar-refractivity contribution in [1.29, 1.82) is 0 Å². The smallest absolute Gasteiger partial charge is 0.309 e. The molecule has 1 aromatic heterocycles. The molecule has 0 aliphatic heterocycles. The van der Waals surface area contributed by atoms with E-state index in [0.717, 1.165) is 22.4 Å². The summed E-state index contributed by atoms with van der Waals surface area (Å²) in [7, 11) is 0.